The number of carbonyl (C=O) groups is 3. The van der Waals surface area contributed by atoms with Crippen LogP contribution in [0.25, 0.3) is 11.3 Å². The SMILES string of the molecule is CCCCC(=O)N1CCN(C(=O)c2ccc(NC(=O)c3ncc(-c4ccc(OC)c(F)c4F)n3C)cc2Cl)CC1. The van der Waals surface area contributed by atoms with Crippen LogP contribution >= 0.6 is 11.6 Å². The first-order valence-corrected chi connectivity index (χ1v) is 13.3. The molecule has 3 amide bonds. The maximum absolute atomic E-state index is 14.6. The molecule has 2 heterocycles. The molecule has 1 N–H and O–H groups in total. The standard InChI is InChI=1S/C28H30ClF2N5O4/c1-4-5-6-23(37)35-11-13-36(14-12-35)28(39)18-8-7-17(15-20(18)29)33-27(38)26-32-16-21(34(26)2)19-9-10-22(40-3)25(31)24(19)30/h7-10,15-16H,4-6,11-14H2,1-3H3,(H,33,38). The number of halogens is 3. The van der Waals surface area contributed by atoms with Crippen LogP contribution in [0.5, 0.6) is 5.75 Å². The molecule has 40 heavy (non-hydrogen) atoms. The highest BCUT2D eigenvalue weighted by Crippen LogP contribution is 2.30. The Labute approximate surface area is 235 Å². The Morgan fingerprint density at radius 2 is 1.75 bits per heavy atom. The van der Waals surface area contributed by atoms with E-state index in [2.05, 4.69) is 10.3 Å². The Balaban J connectivity index is 1.42. The summed E-state index contributed by atoms with van der Waals surface area (Å²) in [5.41, 5.74) is 0.714. The number of rotatable bonds is 8. The van der Waals surface area contributed by atoms with Gasteiger partial charge in [0, 0.05) is 50.9 Å². The van der Waals surface area contributed by atoms with Crippen LogP contribution in [0, 0.1) is 11.6 Å². The summed E-state index contributed by atoms with van der Waals surface area (Å²) in [6.45, 7) is 3.79. The maximum atomic E-state index is 14.6. The van der Waals surface area contributed by atoms with E-state index in [1.165, 1.54) is 49.2 Å². The van der Waals surface area contributed by atoms with E-state index in [0.29, 0.717) is 38.3 Å². The fourth-order valence-electron chi connectivity index (χ4n) is 4.53. The fourth-order valence-corrected chi connectivity index (χ4v) is 4.79. The lowest BCUT2D eigenvalue weighted by atomic mass is 10.1. The molecule has 9 nitrogen and oxygen atoms in total. The lowest BCUT2D eigenvalue weighted by molar-refractivity contribution is -0.132. The highest BCUT2D eigenvalue weighted by Gasteiger charge is 2.26. The van der Waals surface area contributed by atoms with Crippen molar-refractivity contribution >= 4 is 35.0 Å². The van der Waals surface area contributed by atoms with Gasteiger partial charge in [-0.1, -0.05) is 24.9 Å². The van der Waals surface area contributed by atoms with Gasteiger partial charge in [-0.25, -0.2) is 9.37 Å². The average Bonchev–Trinajstić information content (AvgIpc) is 3.34. The van der Waals surface area contributed by atoms with Gasteiger partial charge >= 0.3 is 0 Å². The van der Waals surface area contributed by atoms with Crippen molar-refractivity contribution in [2.45, 2.75) is 26.2 Å². The summed E-state index contributed by atoms with van der Waals surface area (Å²) in [6.07, 6.45) is 3.58. The van der Waals surface area contributed by atoms with E-state index in [-0.39, 0.29) is 45.2 Å². The molecule has 1 aliphatic rings. The van der Waals surface area contributed by atoms with Crippen LogP contribution in [0.15, 0.2) is 36.5 Å². The van der Waals surface area contributed by atoms with Crippen molar-refractivity contribution < 1.29 is 27.9 Å². The molecule has 1 saturated heterocycles. The molecule has 0 atom stereocenters. The predicted molar refractivity (Wildman–Crippen MR) is 147 cm³/mol. The summed E-state index contributed by atoms with van der Waals surface area (Å²) in [5, 5.41) is 2.82. The van der Waals surface area contributed by atoms with E-state index in [4.69, 9.17) is 16.3 Å². The van der Waals surface area contributed by atoms with E-state index in [1.807, 2.05) is 6.92 Å². The minimum Gasteiger partial charge on any atom is -0.494 e. The summed E-state index contributed by atoms with van der Waals surface area (Å²) in [7, 11) is 2.74. The van der Waals surface area contributed by atoms with Gasteiger partial charge < -0.3 is 24.4 Å². The summed E-state index contributed by atoms with van der Waals surface area (Å²) in [4.78, 5) is 45.8. The summed E-state index contributed by atoms with van der Waals surface area (Å²) in [6, 6.07) is 7.16. The van der Waals surface area contributed by atoms with Crippen molar-refractivity contribution in [3.05, 3.63) is 64.6 Å². The van der Waals surface area contributed by atoms with Crippen molar-refractivity contribution in [3.8, 4) is 17.0 Å². The largest absolute Gasteiger partial charge is 0.494 e. The van der Waals surface area contributed by atoms with Gasteiger partial charge in [0.25, 0.3) is 11.8 Å². The van der Waals surface area contributed by atoms with E-state index >= 15 is 0 Å². The van der Waals surface area contributed by atoms with Crippen LogP contribution in [0.2, 0.25) is 5.02 Å². The first-order chi connectivity index (χ1) is 19.2. The maximum Gasteiger partial charge on any atom is 0.291 e. The van der Waals surface area contributed by atoms with Gasteiger partial charge in [0.15, 0.2) is 17.4 Å². The molecule has 1 aromatic heterocycles. The number of aromatic nitrogens is 2. The molecule has 212 valence electrons. The van der Waals surface area contributed by atoms with E-state index in [0.717, 1.165) is 12.8 Å². The molecule has 2 aromatic carbocycles. The number of unbranched alkanes of at least 4 members (excludes halogenated alkanes) is 1. The lowest BCUT2D eigenvalue weighted by Crippen LogP contribution is -2.50. The second-order valence-corrected chi connectivity index (χ2v) is 9.80. The molecule has 3 aromatic rings. The lowest BCUT2D eigenvalue weighted by Gasteiger charge is -2.35. The van der Waals surface area contributed by atoms with Gasteiger partial charge in [-0.05, 0) is 36.8 Å². The van der Waals surface area contributed by atoms with Gasteiger partial charge in [-0.3, -0.25) is 14.4 Å². The van der Waals surface area contributed by atoms with Crippen molar-refractivity contribution in [2.75, 3.05) is 38.6 Å². The minimum absolute atomic E-state index is 0.0479. The Morgan fingerprint density at radius 3 is 2.40 bits per heavy atom. The fraction of sp³-hybridized carbons (Fsp3) is 0.357. The van der Waals surface area contributed by atoms with Crippen LogP contribution in [-0.2, 0) is 11.8 Å². The molecule has 0 spiro atoms. The van der Waals surface area contributed by atoms with Crippen molar-refractivity contribution in [1.82, 2.24) is 19.4 Å². The Kier molecular flexibility index (Phi) is 9.03. The van der Waals surface area contributed by atoms with Crippen LogP contribution < -0.4 is 10.1 Å². The number of nitrogens with zero attached hydrogens (tertiary/aromatic N) is 4. The molecule has 0 radical (unpaired) electrons. The Bertz CT molecular complexity index is 1440. The molecule has 1 fully saturated rings. The number of hydrogen-bond acceptors (Lipinski definition) is 5. The number of carbonyl (C=O) groups excluding carboxylic acids is 3. The molecule has 4 rings (SSSR count). The molecule has 0 unspecified atom stereocenters. The number of hydrogen-bond donors (Lipinski definition) is 1. The average molecular weight is 574 g/mol. The number of amides is 3. The molecule has 0 bridgehead atoms. The third-order valence-corrected chi connectivity index (χ3v) is 7.17. The van der Waals surface area contributed by atoms with Crippen molar-refractivity contribution in [2.24, 2.45) is 7.05 Å². The summed E-state index contributed by atoms with van der Waals surface area (Å²) < 4.78 is 34.9. The van der Waals surface area contributed by atoms with Crippen molar-refractivity contribution in [3.63, 3.8) is 0 Å². The second kappa shape index (κ2) is 12.5. The normalized spacial score (nSPS) is 13.3. The zero-order chi connectivity index (χ0) is 29.0. The monoisotopic (exact) mass is 573 g/mol. The van der Waals surface area contributed by atoms with Gasteiger partial charge in [0.2, 0.25) is 11.7 Å². The number of benzene rings is 2. The van der Waals surface area contributed by atoms with Gasteiger partial charge in [-0.2, -0.15) is 4.39 Å². The Morgan fingerprint density at radius 1 is 1.05 bits per heavy atom. The summed E-state index contributed by atoms with van der Waals surface area (Å²) in [5.74, 6) is -3.31. The predicted octanol–water partition coefficient (Wildman–Crippen LogP) is 4.75. The number of ether oxygens (including phenoxy) is 1. The van der Waals surface area contributed by atoms with Crippen LogP contribution in [-0.4, -0.2) is 70.4 Å². The molecular weight excluding hydrogens is 544 g/mol. The number of methoxy groups -OCH3 is 1. The van der Waals surface area contributed by atoms with Gasteiger partial charge in [-0.15, -0.1) is 0 Å². The molecular formula is C28H30ClF2N5O4. The van der Waals surface area contributed by atoms with Crippen LogP contribution in [0.3, 0.4) is 0 Å². The molecule has 0 saturated carbocycles. The van der Waals surface area contributed by atoms with Gasteiger partial charge in [0.1, 0.15) is 0 Å². The highest BCUT2D eigenvalue weighted by molar-refractivity contribution is 6.34. The van der Waals surface area contributed by atoms with Crippen molar-refractivity contribution in [1.29, 1.82) is 0 Å². The first-order valence-electron chi connectivity index (χ1n) is 12.9. The number of imidazole rings is 1. The van der Waals surface area contributed by atoms with E-state index in [9.17, 15) is 23.2 Å². The third kappa shape index (κ3) is 5.94. The third-order valence-electron chi connectivity index (χ3n) is 6.86. The Hall–Kier alpha value is -3.99. The number of piperazine rings is 1. The van der Waals surface area contributed by atoms with Crippen LogP contribution in [0.4, 0.5) is 14.5 Å². The van der Waals surface area contributed by atoms with Gasteiger partial charge in [0.05, 0.1) is 29.6 Å². The highest BCUT2D eigenvalue weighted by atomic mass is 35.5. The molecule has 12 heteroatoms. The minimum atomic E-state index is -1.14. The van der Waals surface area contributed by atoms with E-state index < -0.39 is 17.5 Å². The quantitative estimate of drug-likeness (QED) is 0.419. The van der Waals surface area contributed by atoms with Crippen LogP contribution in [0.1, 0.15) is 47.2 Å². The zero-order valence-corrected chi connectivity index (χ0v) is 23.2. The second-order valence-electron chi connectivity index (χ2n) is 9.39. The first kappa shape index (κ1) is 29.0. The smallest absolute Gasteiger partial charge is 0.291 e. The number of nitrogens with one attached hydrogen (secondary N) is 1. The number of anilines is 1. The molecule has 0 aliphatic carbocycles. The van der Waals surface area contributed by atoms with E-state index in [1.54, 1.807) is 15.9 Å². The summed E-state index contributed by atoms with van der Waals surface area (Å²) >= 11 is 6.41. The zero-order valence-electron chi connectivity index (χ0n) is 22.5. The topological polar surface area (TPSA) is 96.8 Å². The molecule has 1 aliphatic heterocycles.